The predicted octanol–water partition coefficient (Wildman–Crippen LogP) is 4.18. The van der Waals surface area contributed by atoms with E-state index in [0.29, 0.717) is 12.2 Å². The topological polar surface area (TPSA) is 31.2 Å². The highest BCUT2D eigenvalue weighted by Gasteiger charge is 2.17. The number of esters is 1. The average Bonchev–Trinajstić information content (AvgIpc) is 3.10. The van der Waals surface area contributed by atoms with E-state index in [4.69, 9.17) is 4.74 Å². The van der Waals surface area contributed by atoms with Crippen molar-refractivity contribution in [1.82, 2.24) is 4.57 Å². The number of methoxy groups -OCH3 is 1. The number of hydrogen-bond donors (Lipinski definition) is 0. The lowest BCUT2D eigenvalue weighted by molar-refractivity contribution is 0.0589. The largest absolute Gasteiger partial charge is 0.464 e. The molecule has 0 bridgehead atoms. The number of thiophene rings is 1. The molecule has 0 atom stereocenters. The van der Waals surface area contributed by atoms with Crippen molar-refractivity contribution in [3.8, 4) is 0 Å². The highest BCUT2D eigenvalue weighted by molar-refractivity contribution is 7.16. The van der Waals surface area contributed by atoms with Crippen molar-refractivity contribution in [2.75, 3.05) is 7.11 Å². The first kappa shape index (κ1) is 13.6. The van der Waals surface area contributed by atoms with Gasteiger partial charge in [-0.2, -0.15) is 0 Å². The quantitative estimate of drug-likeness (QED) is 0.676. The monoisotopic (exact) mass is 297 g/mol. The standard InChI is InChI=1S/C17H15NO2S/c1-3-12-4-6-13(7-5-12)11-18-15(17(19)20-2)10-14-8-9-21-16(14)18/h3-10H,1,11H2,2H3. The maximum Gasteiger partial charge on any atom is 0.354 e. The number of hydrogen-bond acceptors (Lipinski definition) is 3. The van der Waals surface area contributed by atoms with Gasteiger partial charge in [0.25, 0.3) is 0 Å². The Kier molecular flexibility index (Phi) is 3.62. The smallest absolute Gasteiger partial charge is 0.354 e. The van der Waals surface area contributed by atoms with Crippen LogP contribution in [0.3, 0.4) is 0 Å². The van der Waals surface area contributed by atoms with E-state index in [1.54, 1.807) is 11.3 Å². The third-order valence-corrected chi connectivity index (χ3v) is 4.40. The fraction of sp³-hybridized carbons (Fsp3) is 0.118. The highest BCUT2D eigenvalue weighted by Crippen LogP contribution is 2.26. The van der Waals surface area contributed by atoms with E-state index in [0.717, 1.165) is 21.3 Å². The molecule has 4 heteroatoms. The Morgan fingerprint density at radius 1 is 1.33 bits per heavy atom. The van der Waals surface area contributed by atoms with Crippen molar-refractivity contribution in [3.63, 3.8) is 0 Å². The van der Waals surface area contributed by atoms with Crippen LogP contribution < -0.4 is 0 Å². The molecule has 0 N–H and O–H groups in total. The number of carbonyl (C=O) groups excluding carboxylic acids is 1. The molecule has 0 amide bonds. The molecule has 0 fully saturated rings. The molecule has 2 aromatic heterocycles. The number of ether oxygens (including phenoxy) is 1. The maximum atomic E-state index is 11.9. The summed E-state index contributed by atoms with van der Waals surface area (Å²) in [6.07, 6.45) is 1.82. The molecule has 3 aromatic rings. The molecule has 0 aliphatic heterocycles. The van der Waals surface area contributed by atoms with E-state index >= 15 is 0 Å². The van der Waals surface area contributed by atoms with Crippen LogP contribution >= 0.6 is 11.3 Å². The summed E-state index contributed by atoms with van der Waals surface area (Å²) in [6.45, 7) is 4.40. The van der Waals surface area contributed by atoms with Crippen LogP contribution in [0.25, 0.3) is 16.3 Å². The Balaban J connectivity index is 2.02. The first-order valence-corrected chi connectivity index (χ1v) is 7.47. The summed E-state index contributed by atoms with van der Waals surface area (Å²) in [7, 11) is 1.41. The first-order chi connectivity index (χ1) is 10.2. The molecule has 3 rings (SSSR count). The van der Waals surface area contributed by atoms with Crippen LogP contribution in [0.1, 0.15) is 21.6 Å². The molecular formula is C17H15NO2S. The second-order valence-corrected chi connectivity index (χ2v) is 5.63. The Morgan fingerprint density at radius 3 is 2.76 bits per heavy atom. The zero-order chi connectivity index (χ0) is 14.8. The van der Waals surface area contributed by atoms with Crippen LogP contribution in [0.5, 0.6) is 0 Å². The minimum absolute atomic E-state index is 0.305. The number of aromatic nitrogens is 1. The van der Waals surface area contributed by atoms with Crippen LogP contribution in [-0.2, 0) is 11.3 Å². The van der Waals surface area contributed by atoms with Gasteiger partial charge in [-0.3, -0.25) is 0 Å². The number of fused-ring (bicyclic) bond motifs is 1. The number of rotatable bonds is 4. The lowest BCUT2D eigenvalue weighted by Gasteiger charge is -2.09. The summed E-state index contributed by atoms with van der Waals surface area (Å²) in [6, 6.07) is 12.1. The van der Waals surface area contributed by atoms with Crippen molar-refractivity contribution in [2.24, 2.45) is 0 Å². The fourth-order valence-electron chi connectivity index (χ4n) is 2.35. The summed E-state index contributed by atoms with van der Waals surface area (Å²) >= 11 is 1.63. The van der Waals surface area contributed by atoms with Crippen molar-refractivity contribution in [2.45, 2.75) is 6.54 Å². The minimum Gasteiger partial charge on any atom is -0.464 e. The molecule has 1 aromatic carbocycles. The first-order valence-electron chi connectivity index (χ1n) is 6.59. The van der Waals surface area contributed by atoms with Gasteiger partial charge in [0.15, 0.2) is 0 Å². The molecule has 0 aliphatic rings. The van der Waals surface area contributed by atoms with Gasteiger partial charge in [0, 0.05) is 11.9 Å². The van der Waals surface area contributed by atoms with Crippen LogP contribution in [0, 0.1) is 0 Å². The molecule has 106 valence electrons. The molecule has 3 nitrogen and oxygen atoms in total. The summed E-state index contributed by atoms with van der Waals surface area (Å²) in [5.74, 6) is -0.305. The van der Waals surface area contributed by atoms with E-state index in [9.17, 15) is 4.79 Å². The Labute approximate surface area is 127 Å². The minimum atomic E-state index is -0.305. The lowest BCUT2D eigenvalue weighted by atomic mass is 10.1. The SMILES string of the molecule is C=Cc1ccc(Cn2c(C(=O)OC)cc3ccsc32)cc1. The second-order valence-electron chi connectivity index (χ2n) is 4.73. The van der Waals surface area contributed by atoms with Gasteiger partial charge < -0.3 is 9.30 Å². The molecule has 0 unspecified atom stereocenters. The fourth-order valence-corrected chi connectivity index (χ4v) is 3.24. The van der Waals surface area contributed by atoms with E-state index in [1.807, 2.05) is 40.3 Å². The van der Waals surface area contributed by atoms with Gasteiger partial charge in [-0.15, -0.1) is 11.3 Å². The molecule has 21 heavy (non-hydrogen) atoms. The molecular weight excluding hydrogens is 282 g/mol. The van der Waals surface area contributed by atoms with Crippen molar-refractivity contribution in [3.05, 3.63) is 65.2 Å². The van der Waals surface area contributed by atoms with E-state index in [1.165, 1.54) is 7.11 Å². The van der Waals surface area contributed by atoms with Crippen LogP contribution in [0.2, 0.25) is 0 Å². The summed E-state index contributed by atoms with van der Waals surface area (Å²) in [5.41, 5.74) is 2.81. The van der Waals surface area contributed by atoms with Gasteiger partial charge in [0.2, 0.25) is 0 Å². The van der Waals surface area contributed by atoms with Gasteiger partial charge >= 0.3 is 5.97 Å². The van der Waals surface area contributed by atoms with Crippen LogP contribution in [-0.4, -0.2) is 17.6 Å². The maximum absolute atomic E-state index is 11.9. The van der Waals surface area contributed by atoms with Gasteiger partial charge in [-0.25, -0.2) is 4.79 Å². The van der Waals surface area contributed by atoms with E-state index in [-0.39, 0.29) is 5.97 Å². The highest BCUT2D eigenvalue weighted by atomic mass is 32.1. The van der Waals surface area contributed by atoms with Crippen molar-refractivity contribution < 1.29 is 9.53 Å². The third kappa shape index (κ3) is 2.50. The number of benzene rings is 1. The van der Waals surface area contributed by atoms with Crippen LogP contribution in [0.15, 0.2) is 48.4 Å². The number of carbonyl (C=O) groups is 1. The normalized spacial score (nSPS) is 10.7. The molecule has 0 saturated heterocycles. The molecule has 0 aliphatic carbocycles. The molecule has 0 radical (unpaired) electrons. The zero-order valence-electron chi connectivity index (χ0n) is 11.7. The zero-order valence-corrected chi connectivity index (χ0v) is 12.5. The second kappa shape index (κ2) is 5.58. The average molecular weight is 297 g/mol. The van der Waals surface area contributed by atoms with Gasteiger partial charge in [-0.05, 0) is 28.6 Å². The molecule has 0 spiro atoms. The Bertz CT molecular complexity index is 796. The lowest BCUT2D eigenvalue weighted by Crippen LogP contribution is -2.11. The predicted molar refractivity (Wildman–Crippen MR) is 86.8 cm³/mol. The summed E-state index contributed by atoms with van der Waals surface area (Å²) in [5, 5.41) is 3.10. The third-order valence-electron chi connectivity index (χ3n) is 3.45. The number of nitrogens with zero attached hydrogens (tertiary/aromatic N) is 1. The van der Waals surface area contributed by atoms with Gasteiger partial charge in [-0.1, -0.05) is 36.9 Å². The molecule has 0 saturated carbocycles. The van der Waals surface area contributed by atoms with Crippen LogP contribution in [0.4, 0.5) is 0 Å². The van der Waals surface area contributed by atoms with E-state index < -0.39 is 0 Å². The molecule has 2 heterocycles. The van der Waals surface area contributed by atoms with Gasteiger partial charge in [0.05, 0.1) is 7.11 Å². The van der Waals surface area contributed by atoms with Crippen molar-refractivity contribution in [1.29, 1.82) is 0 Å². The van der Waals surface area contributed by atoms with E-state index in [2.05, 4.69) is 18.7 Å². The van der Waals surface area contributed by atoms with Gasteiger partial charge in [0.1, 0.15) is 10.5 Å². The summed E-state index contributed by atoms with van der Waals surface area (Å²) < 4.78 is 6.89. The Hall–Kier alpha value is -2.33. The Morgan fingerprint density at radius 2 is 2.10 bits per heavy atom. The van der Waals surface area contributed by atoms with Crippen molar-refractivity contribution >= 4 is 33.6 Å². The summed E-state index contributed by atoms with van der Waals surface area (Å²) in [4.78, 5) is 13.0.